The van der Waals surface area contributed by atoms with Crippen LogP contribution in [0, 0.1) is 17.5 Å². The van der Waals surface area contributed by atoms with Crippen LogP contribution in [0.1, 0.15) is 165 Å². The number of aryl methyl sites for hydroxylation is 1. The third-order valence-corrected chi connectivity index (χ3v) is 24.1. The quantitative estimate of drug-likeness (QED) is 0.0670. The molecule has 0 spiro atoms. The Labute approximate surface area is 704 Å². The van der Waals surface area contributed by atoms with Gasteiger partial charge in [-0.1, -0.05) is 71.2 Å². The van der Waals surface area contributed by atoms with Crippen molar-refractivity contribution in [2.24, 2.45) is 32.0 Å². The van der Waals surface area contributed by atoms with Crippen LogP contribution in [-0.4, -0.2) is 159 Å². The van der Waals surface area contributed by atoms with Gasteiger partial charge in [0.15, 0.2) is 11.6 Å². The monoisotopic (exact) mass is 1650 g/mol. The fourth-order valence-electron chi connectivity index (χ4n) is 16.8. The van der Waals surface area contributed by atoms with Crippen molar-refractivity contribution in [2.75, 3.05) is 73.6 Å². The van der Waals surface area contributed by atoms with Crippen LogP contribution in [-0.2, 0) is 66.0 Å². The Morgan fingerprint density at radius 2 is 0.695 bits per heavy atom. The molecule has 15 heterocycles. The third-order valence-electron chi connectivity index (χ3n) is 23.1. The van der Waals surface area contributed by atoms with Crippen molar-refractivity contribution < 1.29 is 13.2 Å². The minimum absolute atomic E-state index is 0.176. The fourth-order valence-corrected chi connectivity index (χ4v) is 17.2. The minimum Gasteiger partial charge on any atom is -0.380 e. The summed E-state index contributed by atoms with van der Waals surface area (Å²) in [6.45, 7) is 25.3. The van der Waals surface area contributed by atoms with E-state index in [2.05, 4.69) is 158 Å². The summed E-state index contributed by atoms with van der Waals surface area (Å²) in [5, 5.41) is 20.7. The van der Waals surface area contributed by atoms with E-state index >= 15 is 0 Å². The Balaban J connectivity index is 0.000000116. The standard InChI is InChI=1S/C20H22Cl2N4.C20H23ClN4.C20H22F2N4.C20H23FN4.C12H12N4/c1-13-17-8-16(9-24-20(17)10-23-13)25-15-3-2-6-26(12-15)11-14-4-5-18(21)19(22)7-14;1-14-19-9-18(10-23-20(19)11-22-14)24-17-3-2-8-25(13-17)12-15-4-6-16(21)7-5-15;1-13-17-8-16(9-24-20(17)10-23-13)25-15-3-2-6-26(12-15)11-14-4-5-18(21)19(22)7-14;1-14-19-9-18(10-23-20(19)11-22-14)24-17-3-2-8-25(13-17)12-15-4-6-16(21)7-5-15;1-8-11-3-9(4-14-12(11)6-13-8)10-5-15-16(2)7-10/h4-5,7-9,15,25H,2-3,6,10-12H2,1H3;4-7,9-10,17,24H,2-3,8,11-13H2,1H3;4-5,7-9,15,25H,2-3,6,10-12H2,1H3;4-7,9-10,17,24H,2-3,8,11-13H2,1H3;3-5,7H,6H2,1-2H3. The van der Waals surface area contributed by atoms with E-state index in [0.717, 1.165) is 217 Å². The molecule has 4 N–H and O–H groups in total. The van der Waals surface area contributed by atoms with Crippen LogP contribution in [0.2, 0.25) is 15.1 Å². The van der Waals surface area contributed by atoms with Crippen LogP contribution in [0.5, 0.6) is 0 Å². The van der Waals surface area contributed by atoms with Gasteiger partial charge >= 0.3 is 0 Å². The van der Waals surface area contributed by atoms with Gasteiger partial charge in [0.25, 0.3) is 0 Å². The van der Waals surface area contributed by atoms with E-state index in [1.165, 1.54) is 83.3 Å². The molecule has 118 heavy (non-hydrogen) atoms. The molecule has 4 saturated heterocycles. The average molecular weight is 1650 g/mol. The maximum atomic E-state index is 13.4. The lowest BCUT2D eigenvalue weighted by Gasteiger charge is -2.33. The Hall–Kier alpha value is -10.1. The third kappa shape index (κ3) is 21.9. The maximum Gasteiger partial charge on any atom is 0.159 e. The highest BCUT2D eigenvalue weighted by molar-refractivity contribution is 6.42. The number of nitrogens with one attached hydrogen (secondary N) is 4. The van der Waals surface area contributed by atoms with Crippen molar-refractivity contribution in [3.8, 4) is 11.1 Å². The Bertz CT molecular complexity index is 5100. The van der Waals surface area contributed by atoms with E-state index in [1.807, 2.05) is 108 Å². The van der Waals surface area contributed by atoms with Crippen molar-refractivity contribution in [1.29, 1.82) is 0 Å². The van der Waals surface area contributed by atoms with Gasteiger partial charge in [-0.25, -0.2) is 13.2 Å². The van der Waals surface area contributed by atoms with Crippen LogP contribution in [0.4, 0.5) is 35.9 Å². The second-order valence-electron chi connectivity index (χ2n) is 32.1. The molecule has 9 aliphatic rings. The number of fused-ring (bicyclic) bond motifs is 5. The van der Waals surface area contributed by atoms with Crippen molar-refractivity contribution in [3.63, 3.8) is 0 Å². The van der Waals surface area contributed by atoms with Gasteiger partial charge in [-0.2, -0.15) is 5.10 Å². The van der Waals surface area contributed by atoms with Gasteiger partial charge in [-0.15, -0.1) is 0 Å². The maximum absolute atomic E-state index is 13.4. The molecule has 6 aromatic heterocycles. The topological polar surface area (TPSA) is 205 Å². The number of piperidine rings is 4. The molecule has 4 fully saturated rings. The summed E-state index contributed by atoms with van der Waals surface area (Å²) in [5.74, 6) is -1.75. The average Bonchev–Trinajstić information content (AvgIpc) is 1.68. The highest BCUT2D eigenvalue weighted by Crippen LogP contribution is 2.32. The Kier molecular flexibility index (Phi) is 27.2. The van der Waals surface area contributed by atoms with Gasteiger partial charge in [0, 0.05) is 168 Å². The van der Waals surface area contributed by atoms with E-state index in [1.54, 1.807) is 10.7 Å². The summed E-state index contributed by atoms with van der Waals surface area (Å²) in [6, 6.07) is 37.5. The molecule has 0 bridgehead atoms. The van der Waals surface area contributed by atoms with Crippen LogP contribution < -0.4 is 21.3 Å². The molecule has 4 atom stereocenters. The van der Waals surface area contributed by atoms with Crippen molar-refractivity contribution in [2.45, 2.75) is 169 Å². The number of pyridine rings is 5. The molecule has 612 valence electrons. The lowest BCUT2D eigenvalue weighted by Crippen LogP contribution is -2.41. The molecule has 0 saturated carbocycles. The molecule has 4 unspecified atom stereocenters. The summed E-state index contributed by atoms with van der Waals surface area (Å²) >= 11 is 18.1. The predicted octanol–water partition coefficient (Wildman–Crippen LogP) is 18.1. The Morgan fingerprint density at radius 3 is 1.06 bits per heavy atom. The molecule has 0 aliphatic carbocycles. The number of hydrogen-bond donors (Lipinski definition) is 4. The molecule has 20 nitrogen and oxygen atoms in total. The molecule has 10 aromatic rings. The molecular formula is C92H102Cl3F3N20. The van der Waals surface area contributed by atoms with Gasteiger partial charge < -0.3 is 21.3 Å². The SMILES string of the molecule is CC1=NCc2ncc(-c3cnn(C)c3)cc21.CC1=NCc2ncc(NC3CCCN(Cc4ccc(Cl)c(Cl)c4)C3)cc21.CC1=NCc2ncc(NC3CCCN(Cc4ccc(Cl)cc4)C3)cc21.CC1=NCc2ncc(NC3CCCN(Cc4ccc(F)c(F)c4)C3)cc21.CC1=NCc2ncc(NC3CCCN(Cc4ccc(F)cc4)C3)cc21. The van der Waals surface area contributed by atoms with Gasteiger partial charge in [0.2, 0.25) is 0 Å². The highest BCUT2D eigenvalue weighted by atomic mass is 35.5. The van der Waals surface area contributed by atoms with Gasteiger partial charge in [0.05, 0.1) is 125 Å². The highest BCUT2D eigenvalue weighted by Gasteiger charge is 2.28. The summed E-state index contributed by atoms with van der Waals surface area (Å²) in [7, 11) is 1.91. The van der Waals surface area contributed by atoms with Crippen molar-refractivity contribution in [1.82, 2.24) is 54.3 Å². The molecule has 26 heteroatoms. The Morgan fingerprint density at radius 1 is 0.356 bits per heavy atom. The molecule has 0 amide bonds. The zero-order valence-corrected chi connectivity index (χ0v) is 70.2. The number of aliphatic imine (C=N–C) groups is 5. The zero-order chi connectivity index (χ0) is 81.8. The number of halogens is 6. The lowest BCUT2D eigenvalue weighted by molar-refractivity contribution is 0.208. The number of aromatic nitrogens is 7. The van der Waals surface area contributed by atoms with Gasteiger partial charge in [-0.05, 0) is 213 Å². The van der Waals surface area contributed by atoms with Crippen LogP contribution in [0.3, 0.4) is 0 Å². The molecule has 4 aromatic carbocycles. The summed E-state index contributed by atoms with van der Waals surface area (Å²) in [4.78, 5) is 54.5. The molecule has 0 radical (unpaired) electrons. The number of anilines is 4. The van der Waals surface area contributed by atoms with E-state index in [0.29, 0.717) is 66.9 Å². The van der Waals surface area contributed by atoms with E-state index in [9.17, 15) is 13.2 Å². The van der Waals surface area contributed by atoms with E-state index < -0.39 is 11.6 Å². The smallest absolute Gasteiger partial charge is 0.159 e. The first-order chi connectivity index (χ1) is 57.2. The number of hydrogen-bond acceptors (Lipinski definition) is 19. The number of likely N-dealkylation sites (tertiary alicyclic amines) is 4. The zero-order valence-electron chi connectivity index (χ0n) is 67.9. The second-order valence-corrected chi connectivity index (χ2v) is 33.4. The fraction of sp³-hybridized carbons (Fsp3) is 0.380. The first kappa shape index (κ1) is 83.0. The van der Waals surface area contributed by atoms with Crippen molar-refractivity contribution in [3.05, 3.63) is 270 Å². The molecule has 9 aliphatic heterocycles. The summed E-state index contributed by atoms with van der Waals surface area (Å²) in [6.07, 6.45) is 22.6. The first-order valence-corrected chi connectivity index (χ1v) is 42.2. The van der Waals surface area contributed by atoms with E-state index in [-0.39, 0.29) is 5.82 Å². The van der Waals surface area contributed by atoms with Crippen molar-refractivity contribution >= 4 is 86.1 Å². The largest absolute Gasteiger partial charge is 0.380 e. The van der Waals surface area contributed by atoms with Gasteiger partial charge in [0.1, 0.15) is 5.82 Å². The number of rotatable bonds is 17. The molecule has 19 rings (SSSR count). The number of nitrogens with zero attached hydrogens (tertiary/aromatic N) is 16. The van der Waals surface area contributed by atoms with Crippen LogP contribution >= 0.6 is 34.8 Å². The number of benzene rings is 4. The van der Waals surface area contributed by atoms with Crippen LogP contribution in [0.15, 0.2) is 184 Å². The van der Waals surface area contributed by atoms with E-state index in [4.69, 9.17) is 34.8 Å². The predicted molar refractivity (Wildman–Crippen MR) is 471 cm³/mol. The minimum atomic E-state index is -0.796. The normalized spacial score (nSPS) is 19.2. The second kappa shape index (κ2) is 38.7. The lowest BCUT2D eigenvalue weighted by atomic mass is 10.0. The summed E-state index contributed by atoms with van der Waals surface area (Å²) < 4.78 is 41.4. The molecular weight excluding hydrogens is 1550 g/mol. The van der Waals surface area contributed by atoms with Crippen LogP contribution in [0.25, 0.3) is 11.1 Å². The first-order valence-electron chi connectivity index (χ1n) is 41.1. The summed E-state index contributed by atoms with van der Waals surface area (Å²) in [5.41, 5.74) is 27.5. The van der Waals surface area contributed by atoms with Gasteiger partial charge in [-0.3, -0.25) is 74.2 Å².